The van der Waals surface area contributed by atoms with Crippen molar-refractivity contribution in [2.75, 3.05) is 29.0 Å². The number of hydrogen-bond acceptors (Lipinski definition) is 9. The molecular formula is C32H35N7O5. The van der Waals surface area contributed by atoms with Crippen molar-refractivity contribution in [1.29, 1.82) is 0 Å². The van der Waals surface area contributed by atoms with Crippen LogP contribution in [0.3, 0.4) is 0 Å². The minimum absolute atomic E-state index is 0.0839. The van der Waals surface area contributed by atoms with Crippen LogP contribution >= 0.6 is 0 Å². The smallest absolute Gasteiger partial charge is 0.338 e. The fourth-order valence-electron chi connectivity index (χ4n) is 4.52. The predicted molar refractivity (Wildman–Crippen MR) is 168 cm³/mol. The Morgan fingerprint density at radius 1 is 1.02 bits per heavy atom. The van der Waals surface area contributed by atoms with E-state index in [1.54, 1.807) is 64.2 Å². The van der Waals surface area contributed by atoms with Crippen LogP contribution < -0.4 is 25.5 Å². The molecule has 44 heavy (non-hydrogen) atoms. The summed E-state index contributed by atoms with van der Waals surface area (Å²) in [4.78, 5) is 52.8. The Morgan fingerprint density at radius 3 is 2.45 bits per heavy atom. The molecule has 5 rings (SSSR count). The molecule has 4 aromatic rings. The number of likely N-dealkylation sites (tertiary alicyclic amines) is 1. The standard InChI is InChI=1S/C32H35N7O5/c1-6-27(41)34-23-8-7-9-25(18-23)43-29-26-15-17-39(44-30(42)32(3,4)5)28(26)36-31(37-29)35-22-12-10-21(11-13-22)33-24-14-16-38(19-24)20(2)40/h6-13,15,17-18,24,33H,1,14,16,19H2,2-5H3,(H,34,41)(H,35,36,37). The van der Waals surface area contributed by atoms with Gasteiger partial charge in [-0.3, -0.25) is 9.59 Å². The van der Waals surface area contributed by atoms with Crippen LogP contribution in [-0.4, -0.2) is 56.5 Å². The van der Waals surface area contributed by atoms with E-state index in [0.717, 1.165) is 24.3 Å². The molecule has 0 aliphatic carbocycles. The highest BCUT2D eigenvalue weighted by Crippen LogP contribution is 2.32. The number of fused-ring (bicyclic) bond motifs is 1. The van der Waals surface area contributed by atoms with Crippen molar-refractivity contribution in [2.45, 2.75) is 40.2 Å². The normalized spacial score (nSPS) is 14.6. The van der Waals surface area contributed by atoms with Crippen LogP contribution in [0.15, 0.2) is 73.4 Å². The number of rotatable bonds is 9. The maximum absolute atomic E-state index is 12.7. The average Bonchev–Trinajstić information content (AvgIpc) is 3.61. The minimum atomic E-state index is -0.737. The topological polar surface area (TPSA) is 140 Å². The zero-order chi connectivity index (χ0) is 31.4. The van der Waals surface area contributed by atoms with Crippen LogP contribution in [-0.2, 0) is 14.4 Å². The molecule has 2 amide bonds. The van der Waals surface area contributed by atoms with Crippen LogP contribution in [0.5, 0.6) is 11.6 Å². The van der Waals surface area contributed by atoms with E-state index >= 15 is 0 Å². The molecule has 0 saturated carbocycles. The SMILES string of the molecule is C=CC(=O)Nc1cccc(Oc2nc(Nc3ccc(NC4CCN(C(C)=O)C4)cc3)nc3c2ccn3OC(=O)C(C)(C)C)c1. The molecule has 2 aromatic carbocycles. The first kappa shape index (κ1) is 30.1. The molecule has 228 valence electrons. The van der Waals surface area contributed by atoms with Gasteiger partial charge in [-0.1, -0.05) is 12.6 Å². The van der Waals surface area contributed by atoms with E-state index in [4.69, 9.17) is 9.57 Å². The second-order valence-electron chi connectivity index (χ2n) is 11.5. The summed E-state index contributed by atoms with van der Waals surface area (Å²) in [7, 11) is 0. The van der Waals surface area contributed by atoms with Crippen LogP contribution in [0.2, 0.25) is 0 Å². The highest BCUT2D eigenvalue weighted by molar-refractivity contribution is 5.99. The van der Waals surface area contributed by atoms with Crippen molar-refractivity contribution in [1.82, 2.24) is 19.6 Å². The fourth-order valence-corrected chi connectivity index (χ4v) is 4.52. The third kappa shape index (κ3) is 7.14. The summed E-state index contributed by atoms with van der Waals surface area (Å²) < 4.78 is 7.46. The molecule has 3 N–H and O–H groups in total. The van der Waals surface area contributed by atoms with Crippen LogP contribution in [0.4, 0.5) is 23.0 Å². The fraction of sp³-hybridized carbons (Fsp3) is 0.281. The monoisotopic (exact) mass is 597 g/mol. The first-order valence-corrected chi connectivity index (χ1v) is 14.2. The molecule has 2 aromatic heterocycles. The predicted octanol–water partition coefficient (Wildman–Crippen LogP) is 5.13. The number of aromatic nitrogens is 3. The maximum Gasteiger partial charge on any atom is 0.338 e. The first-order valence-electron chi connectivity index (χ1n) is 14.2. The van der Waals surface area contributed by atoms with E-state index in [1.165, 1.54) is 10.8 Å². The van der Waals surface area contributed by atoms with Crippen LogP contribution in [0.25, 0.3) is 11.0 Å². The lowest BCUT2D eigenvalue weighted by Gasteiger charge is -2.17. The number of carbonyl (C=O) groups excluding carboxylic acids is 3. The number of carbonyl (C=O) groups is 3. The average molecular weight is 598 g/mol. The van der Waals surface area contributed by atoms with Gasteiger partial charge in [-0.15, -0.1) is 0 Å². The zero-order valence-electron chi connectivity index (χ0n) is 25.1. The summed E-state index contributed by atoms with van der Waals surface area (Å²) in [5, 5.41) is 9.90. The molecule has 12 heteroatoms. The van der Waals surface area contributed by atoms with Crippen molar-refractivity contribution in [3.05, 3.63) is 73.4 Å². The minimum Gasteiger partial charge on any atom is -0.438 e. The first-order chi connectivity index (χ1) is 21.0. The molecule has 0 spiro atoms. The third-order valence-electron chi connectivity index (χ3n) is 6.92. The quantitative estimate of drug-likeness (QED) is 0.224. The van der Waals surface area contributed by atoms with Crippen molar-refractivity contribution < 1.29 is 24.0 Å². The second kappa shape index (κ2) is 12.5. The molecule has 12 nitrogen and oxygen atoms in total. The van der Waals surface area contributed by atoms with Crippen molar-refractivity contribution >= 4 is 51.8 Å². The van der Waals surface area contributed by atoms with E-state index in [1.807, 2.05) is 29.2 Å². The lowest BCUT2D eigenvalue weighted by Crippen LogP contribution is -2.31. The summed E-state index contributed by atoms with van der Waals surface area (Å²) in [6.45, 7) is 11.8. The van der Waals surface area contributed by atoms with Gasteiger partial charge in [0.2, 0.25) is 23.6 Å². The molecule has 1 aliphatic heterocycles. The van der Waals surface area contributed by atoms with E-state index in [2.05, 4.69) is 32.5 Å². The number of nitrogens with zero attached hydrogens (tertiary/aromatic N) is 4. The summed E-state index contributed by atoms with van der Waals surface area (Å²) >= 11 is 0. The van der Waals surface area contributed by atoms with Gasteiger partial charge in [0.15, 0.2) is 5.65 Å². The Kier molecular flexibility index (Phi) is 8.52. The highest BCUT2D eigenvalue weighted by Gasteiger charge is 2.26. The number of benzene rings is 2. The molecule has 3 heterocycles. The van der Waals surface area contributed by atoms with Gasteiger partial charge in [-0.25, -0.2) is 4.79 Å². The number of ether oxygens (including phenoxy) is 1. The lowest BCUT2D eigenvalue weighted by atomic mass is 9.98. The molecule has 1 fully saturated rings. The number of hydrogen-bond donors (Lipinski definition) is 3. The summed E-state index contributed by atoms with van der Waals surface area (Å²) in [6.07, 6.45) is 3.65. The zero-order valence-corrected chi connectivity index (χ0v) is 25.1. The van der Waals surface area contributed by atoms with Crippen LogP contribution in [0, 0.1) is 5.41 Å². The van der Waals surface area contributed by atoms with Gasteiger partial charge in [-0.2, -0.15) is 14.7 Å². The van der Waals surface area contributed by atoms with Crippen LogP contribution in [0.1, 0.15) is 34.1 Å². The summed E-state index contributed by atoms with van der Waals surface area (Å²) in [6, 6.07) is 16.4. The number of anilines is 4. The van der Waals surface area contributed by atoms with E-state index < -0.39 is 11.4 Å². The Labute approximate surface area is 255 Å². The summed E-state index contributed by atoms with van der Waals surface area (Å²) in [5.74, 6) is 0.142. The molecule has 1 atom stereocenters. The molecule has 0 bridgehead atoms. The molecule has 1 saturated heterocycles. The molecule has 1 unspecified atom stereocenters. The van der Waals surface area contributed by atoms with Gasteiger partial charge in [0.05, 0.1) is 10.8 Å². The van der Waals surface area contributed by atoms with E-state index in [0.29, 0.717) is 29.0 Å². The molecular weight excluding hydrogens is 562 g/mol. The van der Waals surface area contributed by atoms with Gasteiger partial charge in [0, 0.05) is 55.4 Å². The Balaban J connectivity index is 1.41. The Hall–Kier alpha value is -5.39. The van der Waals surface area contributed by atoms with Gasteiger partial charge < -0.3 is 30.4 Å². The maximum atomic E-state index is 12.7. The molecule has 0 radical (unpaired) electrons. The Bertz CT molecular complexity index is 1710. The summed E-state index contributed by atoms with van der Waals surface area (Å²) in [5.41, 5.74) is 1.75. The highest BCUT2D eigenvalue weighted by atomic mass is 16.7. The van der Waals surface area contributed by atoms with Gasteiger partial charge in [-0.05, 0) is 75.7 Å². The van der Waals surface area contributed by atoms with E-state index in [9.17, 15) is 14.4 Å². The van der Waals surface area contributed by atoms with Gasteiger partial charge in [0.1, 0.15) is 5.75 Å². The third-order valence-corrected chi connectivity index (χ3v) is 6.92. The Morgan fingerprint density at radius 2 is 1.77 bits per heavy atom. The number of nitrogens with one attached hydrogen (secondary N) is 3. The lowest BCUT2D eigenvalue weighted by molar-refractivity contribution is -0.152. The van der Waals surface area contributed by atoms with Crippen molar-refractivity contribution in [3.63, 3.8) is 0 Å². The van der Waals surface area contributed by atoms with Crippen molar-refractivity contribution in [2.24, 2.45) is 5.41 Å². The van der Waals surface area contributed by atoms with E-state index in [-0.39, 0.29) is 29.7 Å². The number of amides is 2. The van der Waals surface area contributed by atoms with Gasteiger partial charge in [0.25, 0.3) is 0 Å². The van der Waals surface area contributed by atoms with Gasteiger partial charge >= 0.3 is 5.97 Å². The largest absolute Gasteiger partial charge is 0.438 e. The molecule has 1 aliphatic rings. The second-order valence-corrected chi connectivity index (χ2v) is 11.5. The van der Waals surface area contributed by atoms with Crippen molar-refractivity contribution in [3.8, 4) is 11.6 Å².